The zero-order valence-corrected chi connectivity index (χ0v) is 12.9. The van der Waals surface area contributed by atoms with Gasteiger partial charge in [-0.3, -0.25) is 0 Å². The molecule has 0 amide bonds. The van der Waals surface area contributed by atoms with E-state index in [4.69, 9.17) is 0 Å². The van der Waals surface area contributed by atoms with E-state index in [-0.39, 0.29) is 5.41 Å². The summed E-state index contributed by atoms with van der Waals surface area (Å²) in [5, 5.41) is 3.61. The highest BCUT2D eigenvalue weighted by Crippen LogP contribution is 2.48. The van der Waals surface area contributed by atoms with Crippen molar-refractivity contribution in [3.63, 3.8) is 0 Å². The Morgan fingerprint density at radius 2 is 1.36 bits per heavy atom. The molecule has 1 nitrogen and oxygen atoms in total. The Hall–Kier alpha value is -2.54. The van der Waals surface area contributed by atoms with Crippen molar-refractivity contribution in [2.24, 2.45) is 0 Å². The summed E-state index contributed by atoms with van der Waals surface area (Å²) in [6.45, 7) is 4.63. The molecule has 1 aliphatic rings. The van der Waals surface area contributed by atoms with Crippen LogP contribution in [0.4, 0.5) is 11.4 Å². The first-order valence-corrected chi connectivity index (χ1v) is 7.73. The molecule has 1 aliphatic heterocycles. The van der Waals surface area contributed by atoms with Crippen LogP contribution < -0.4 is 5.32 Å². The van der Waals surface area contributed by atoms with E-state index in [1.807, 2.05) is 0 Å². The lowest BCUT2D eigenvalue weighted by atomic mass is 9.71. The maximum Gasteiger partial charge on any atom is 0.0432 e. The number of benzene rings is 3. The smallest absolute Gasteiger partial charge is 0.0432 e. The van der Waals surface area contributed by atoms with Crippen LogP contribution in [0.2, 0.25) is 0 Å². The molecular weight excluding hydrogens is 266 g/mol. The van der Waals surface area contributed by atoms with Crippen LogP contribution in [-0.2, 0) is 5.41 Å². The molecule has 0 saturated carbocycles. The fraction of sp³-hybridized carbons (Fsp3) is 0.143. The van der Waals surface area contributed by atoms with Gasteiger partial charge in [0.05, 0.1) is 0 Å². The number of fused-ring (bicyclic) bond motifs is 2. The maximum absolute atomic E-state index is 3.61. The topological polar surface area (TPSA) is 12.0 Å². The number of hydrogen-bond acceptors (Lipinski definition) is 1. The van der Waals surface area contributed by atoms with Gasteiger partial charge in [0.2, 0.25) is 0 Å². The van der Waals surface area contributed by atoms with E-state index in [9.17, 15) is 0 Å². The van der Waals surface area contributed by atoms with Crippen LogP contribution in [0.5, 0.6) is 0 Å². The SMILES string of the molecule is CC1(C)c2ccccc2Nc2cccc(-c3ccccc3)c21. The highest BCUT2D eigenvalue weighted by atomic mass is 14.9. The molecular formula is C21H19N. The fourth-order valence-corrected chi connectivity index (χ4v) is 3.60. The van der Waals surface area contributed by atoms with Crippen LogP contribution in [0.25, 0.3) is 11.1 Å². The summed E-state index contributed by atoms with van der Waals surface area (Å²) in [6.07, 6.45) is 0. The van der Waals surface area contributed by atoms with Gasteiger partial charge in [-0.25, -0.2) is 0 Å². The van der Waals surface area contributed by atoms with Crippen LogP contribution in [-0.4, -0.2) is 0 Å². The minimum Gasteiger partial charge on any atom is -0.355 e. The number of hydrogen-bond donors (Lipinski definition) is 1. The van der Waals surface area contributed by atoms with E-state index in [0.29, 0.717) is 0 Å². The summed E-state index contributed by atoms with van der Waals surface area (Å²) < 4.78 is 0. The first-order valence-electron chi connectivity index (χ1n) is 7.73. The zero-order chi connectivity index (χ0) is 15.2. The number of nitrogens with one attached hydrogen (secondary N) is 1. The van der Waals surface area contributed by atoms with Crippen LogP contribution in [0.1, 0.15) is 25.0 Å². The van der Waals surface area contributed by atoms with Crippen molar-refractivity contribution in [1.82, 2.24) is 0 Å². The molecule has 1 heteroatoms. The molecule has 1 heterocycles. The number of para-hydroxylation sites is 1. The van der Waals surface area contributed by atoms with Gasteiger partial charge in [0.25, 0.3) is 0 Å². The minimum absolute atomic E-state index is 0.0242. The van der Waals surface area contributed by atoms with E-state index >= 15 is 0 Å². The molecule has 0 bridgehead atoms. The lowest BCUT2D eigenvalue weighted by Crippen LogP contribution is -2.26. The van der Waals surface area contributed by atoms with Crippen molar-refractivity contribution in [1.29, 1.82) is 0 Å². The molecule has 4 rings (SSSR count). The minimum atomic E-state index is -0.0242. The standard InChI is InChI=1S/C21H19N/c1-21(2)17-12-6-7-13-18(17)22-19-14-8-11-16(20(19)21)15-9-4-3-5-10-15/h3-14,22H,1-2H3. The van der Waals surface area contributed by atoms with Gasteiger partial charge in [0, 0.05) is 16.8 Å². The normalized spacial score (nSPS) is 14.6. The summed E-state index contributed by atoms with van der Waals surface area (Å²) in [6, 6.07) is 25.8. The van der Waals surface area contributed by atoms with Crippen molar-refractivity contribution in [2.45, 2.75) is 19.3 Å². The van der Waals surface area contributed by atoms with Crippen LogP contribution in [0.3, 0.4) is 0 Å². The molecule has 0 aliphatic carbocycles. The molecule has 0 fully saturated rings. The average molecular weight is 285 g/mol. The Kier molecular flexibility index (Phi) is 2.83. The zero-order valence-electron chi connectivity index (χ0n) is 12.9. The molecule has 3 aromatic carbocycles. The van der Waals surface area contributed by atoms with Gasteiger partial charge in [0.1, 0.15) is 0 Å². The van der Waals surface area contributed by atoms with E-state index in [1.54, 1.807) is 0 Å². The summed E-state index contributed by atoms with van der Waals surface area (Å²) >= 11 is 0. The second-order valence-corrected chi connectivity index (χ2v) is 6.39. The van der Waals surface area contributed by atoms with Crippen molar-refractivity contribution in [3.05, 3.63) is 83.9 Å². The van der Waals surface area contributed by atoms with Crippen LogP contribution in [0.15, 0.2) is 72.8 Å². The van der Waals surface area contributed by atoms with Crippen molar-refractivity contribution < 1.29 is 0 Å². The predicted molar refractivity (Wildman–Crippen MR) is 93.7 cm³/mol. The maximum atomic E-state index is 3.61. The summed E-state index contributed by atoms with van der Waals surface area (Å²) in [5.74, 6) is 0. The van der Waals surface area contributed by atoms with E-state index < -0.39 is 0 Å². The predicted octanol–water partition coefficient (Wildman–Crippen LogP) is 5.74. The summed E-state index contributed by atoms with van der Waals surface area (Å²) in [4.78, 5) is 0. The Labute approximate surface area is 131 Å². The second-order valence-electron chi connectivity index (χ2n) is 6.39. The van der Waals surface area contributed by atoms with Gasteiger partial charge in [-0.2, -0.15) is 0 Å². The third-order valence-corrected chi connectivity index (χ3v) is 4.64. The molecule has 0 saturated heterocycles. The molecule has 1 N–H and O–H groups in total. The van der Waals surface area contributed by atoms with Crippen LogP contribution >= 0.6 is 0 Å². The summed E-state index contributed by atoms with van der Waals surface area (Å²) in [5.41, 5.74) is 7.71. The van der Waals surface area contributed by atoms with Gasteiger partial charge in [-0.05, 0) is 34.4 Å². The largest absolute Gasteiger partial charge is 0.355 e. The number of rotatable bonds is 1. The molecule has 0 atom stereocenters. The highest BCUT2D eigenvalue weighted by Gasteiger charge is 2.34. The van der Waals surface area contributed by atoms with Crippen LogP contribution in [0, 0.1) is 0 Å². The molecule has 0 aromatic heterocycles. The molecule has 108 valence electrons. The van der Waals surface area contributed by atoms with Crippen molar-refractivity contribution in [3.8, 4) is 11.1 Å². The van der Waals surface area contributed by atoms with Gasteiger partial charge >= 0.3 is 0 Å². The van der Waals surface area contributed by atoms with Gasteiger partial charge in [0.15, 0.2) is 0 Å². The lowest BCUT2D eigenvalue weighted by Gasteiger charge is -2.37. The highest BCUT2D eigenvalue weighted by molar-refractivity contribution is 5.84. The first kappa shape index (κ1) is 13.1. The molecule has 3 aromatic rings. The van der Waals surface area contributed by atoms with E-state index in [1.165, 1.54) is 33.6 Å². The van der Waals surface area contributed by atoms with Gasteiger partial charge in [-0.1, -0.05) is 74.5 Å². The average Bonchev–Trinajstić information content (AvgIpc) is 2.55. The third kappa shape index (κ3) is 1.86. The molecule has 0 spiro atoms. The Morgan fingerprint density at radius 1 is 0.682 bits per heavy atom. The first-order chi connectivity index (χ1) is 10.7. The Bertz CT molecular complexity index is 832. The van der Waals surface area contributed by atoms with Crippen molar-refractivity contribution in [2.75, 3.05) is 5.32 Å². The Balaban J connectivity index is 1.99. The number of anilines is 2. The van der Waals surface area contributed by atoms with Gasteiger partial charge in [-0.15, -0.1) is 0 Å². The quantitative estimate of drug-likeness (QED) is 0.601. The lowest BCUT2D eigenvalue weighted by molar-refractivity contribution is 0.640. The van der Waals surface area contributed by atoms with E-state index in [2.05, 4.69) is 92.0 Å². The Morgan fingerprint density at radius 3 is 2.18 bits per heavy atom. The monoisotopic (exact) mass is 285 g/mol. The molecule has 0 radical (unpaired) electrons. The molecule has 0 unspecified atom stereocenters. The summed E-state index contributed by atoms with van der Waals surface area (Å²) in [7, 11) is 0. The molecule has 22 heavy (non-hydrogen) atoms. The van der Waals surface area contributed by atoms with Gasteiger partial charge < -0.3 is 5.32 Å². The third-order valence-electron chi connectivity index (χ3n) is 4.64. The van der Waals surface area contributed by atoms with E-state index in [0.717, 1.165) is 0 Å². The van der Waals surface area contributed by atoms with Crippen molar-refractivity contribution >= 4 is 11.4 Å². The fourth-order valence-electron chi connectivity index (χ4n) is 3.60. The second kappa shape index (κ2) is 4.74.